The van der Waals surface area contributed by atoms with Gasteiger partial charge in [0.05, 0.1) is 34.1 Å². The van der Waals surface area contributed by atoms with Crippen LogP contribution in [0.2, 0.25) is 5.02 Å². The number of amides is 1. The van der Waals surface area contributed by atoms with E-state index in [1.807, 2.05) is 31.7 Å². The van der Waals surface area contributed by atoms with Crippen molar-refractivity contribution in [3.8, 4) is 16.9 Å². The molecule has 2 aliphatic rings. The molecule has 4 aromatic rings. The molecule has 9 nitrogen and oxygen atoms in total. The third-order valence-electron chi connectivity index (χ3n) is 7.55. The van der Waals surface area contributed by atoms with E-state index >= 15 is 0 Å². The molecule has 2 aliphatic heterocycles. The lowest BCUT2D eigenvalue weighted by atomic mass is 10.0. The molecular weight excluding hydrogens is 547 g/mol. The van der Waals surface area contributed by atoms with Crippen LogP contribution in [0.25, 0.3) is 28.0 Å². The predicted molar refractivity (Wildman–Crippen MR) is 155 cm³/mol. The van der Waals surface area contributed by atoms with Gasteiger partial charge in [-0.05, 0) is 55.5 Å². The Hall–Kier alpha value is -3.89. The van der Waals surface area contributed by atoms with Gasteiger partial charge in [-0.25, -0.2) is 18.7 Å². The highest BCUT2D eigenvalue weighted by atomic mass is 35.5. The summed E-state index contributed by atoms with van der Waals surface area (Å²) < 4.78 is 21.5. The van der Waals surface area contributed by atoms with Crippen LogP contribution >= 0.6 is 11.6 Å². The van der Waals surface area contributed by atoms with Crippen LogP contribution in [0.3, 0.4) is 0 Å². The molecule has 2 atom stereocenters. The largest absolute Gasteiger partial charge is 0.363 e. The topological polar surface area (TPSA) is 106 Å². The number of carbonyl (C=O) groups is 1. The normalized spacial score (nSPS) is 18.6. The minimum atomic E-state index is -0.530. The molecule has 2 saturated heterocycles. The number of hydrogen-bond acceptors (Lipinski definition) is 7. The summed E-state index contributed by atoms with van der Waals surface area (Å²) in [7, 11) is 0. The summed E-state index contributed by atoms with van der Waals surface area (Å²) in [4.78, 5) is 42.3. The van der Waals surface area contributed by atoms with Crippen molar-refractivity contribution in [2.45, 2.75) is 51.7 Å². The van der Waals surface area contributed by atoms with Crippen molar-refractivity contribution in [2.75, 3.05) is 24.6 Å². The van der Waals surface area contributed by atoms with Gasteiger partial charge in [-0.15, -0.1) is 0 Å². The standard InChI is InChI=1S/C30H30ClFN6O3/c1-16(2)24-26(17(3)10-11-33-24)38-28-20(13-21(31)25(35-28)19-8-4-5-9-22(19)32)27(36-30(38)40)37-12-6-7-18(14-37)34-29(39)23-15-41-23/h4-5,8-11,13,16,18,23H,6-7,12,14-15H2,1-3H3,(H,34,39). The van der Waals surface area contributed by atoms with Crippen LogP contribution in [0.4, 0.5) is 10.2 Å². The number of pyridine rings is 2. The van der Waals surface area contributed by atoms with Crippen molar-refractivity contribution in [3.05, 3.63) is 75.2 Å². The highest BCUT2D eigenvalue weighted by Crippen LogP contribution is 2.36. The van der Waals surface area contributed by atoms with E-state index in [0.717, 1.165) is 24.1 Å². The maximum absolute atomic E-state index is 14.9. The number of fused-ring (bicyclic) bond motifs is 1. The molecule has 0 saturated carbocycles. The van der Waals surface area contributed by atoms with Crippen molar-refractivity contribution < 1.29 is 13.9 Å². The van der Waals surface area contributed by atoms with E-state index in [-0.39, 0.29) is 40.3 Å². The van der Waals surface area contributed by atoms with Gasteiger partial charge in [-0.2, -0.15) is 4.98 Å². The summed E-state index contributed by atoms with van der Waals surface area (Å²) in [6, 6.07) is 9.67. The molecule has 0 radical (unpaired) electrons. The highest BCUT2D eigenvalue weighted by molar-refractivity contribution is 6.33. The number of benzene rings is 1. The third-order valence-corrected chi connectivity index (χ3v) is 7.84. The lowest BCUT2D eigenvalue weighted by Gasteiger charge is -2.34. The van der Waals surface area contributed by atoms with E-state index in [1.54, 1.807) is 30.5 Å². The lowest BCUT2D eigenvalue weighted by Crippen LogP contribution is -2.49. The number of aromatic nitrogens is 4. The number of rotatable bonds is 6. The molecule has 1 aromatic carbocycles. The SMILES string of the molecule is Cc1ccnc(C(C)C)c1-n1c(=O)nc(N2CCCC(NC(=O)C3CO3)C2)c2cc(Cl)c(-c3ccccc3F)nc21. The average molecular weight is 577 g/mol. The zero-order valence-electron chi connectivity index (χ0n) is 23.0. The summed E-state index contributed by atoms with van der Waals surface area (Å²) in [5, 5.41) is 3.83. The summed E-state index contributed by atoms with van der Waals surface area (Å²) >= 11 is 6.76. The number of piperidine rings is 1. The minimum absolute atomic E-state index is 0.00627. The van der Waals surface area contributed by atoms with Crippen LogP contribution in [0.15, 0.2) is 47.4 Å². The third kappa shape index (κ3) is 5.17. The monoisotopic (exact) mass is 576 g/mol. The van der Waals surface area contributed by atoms with Crippen molar-refractivity contribution in [1.29, 1.82) is 0 Å². The zero-order valence-corrected chi connectivity index (χ0v) is 23.8. The van der Waals surface area contributed by atoms with E-state index in [4.69, 9.17) is 21.3 Å². The van der Waals surface area contributed by atoms with Crippen LogP contribution in [-0.2, 0) is 9.53 Å². The lowest BCUT2D eigenvalue weighted by molar-refractivity contribution is -0.123. The summed E-state index contributed by atoms with van der Waals surface area (Å²) in [5.41, 5.74) is 2.37. The number of halogens is 2. The van der Waals surface area contributed by atoms with Gasteiger partial charge < -0.3 is 15.0 Å². The summed E-state index contributed by atoms with van der Waals surface area (Å²) in [5.74, 6) is -0.173. The molecule has 0 aliphatic carbocycles. The number of nitrogens with zero attached hydrogens (tertiary/aromatic N) is 5. The Labute approximate surface area is 241 Å². The molecule has 11 heteroatoms. The van der Waals surface area contributed by atoms with E-state index in [2.05, 4.69) is 15.3 Å². The van der Waals surface area contributed by atoms with Crippen LogP contribution < -0.4 is 15.9 Å². The van der Waals surface area contributed by atoms with Crippen LogP contribution in [0, 0.1) is 12.7 Å². The molecule has 2 unspecified atom stereocenters. The molecule has 2 fully saturated rings. The second kappa shape index (κ2) is 10.8. The molecule has 1 amide bonds. The first-order valence-corrected chi connectivity index (χ1v) is 14.1. The van der Waals surface area contributed by atoms with Crippen LogP contribution in [0.1, 0.15) is 43.9 Å². The van der Waals surface area contributed by atoms with E-state index in [1.165, 1.54) is 10.6 Å². The average Bonchev–Trinajstić information content (AvgIpc) is 3.79. The van der Waals surface area contributed by atoms with Crippen molar-refractivity contribution in [3.63, 3.8) is 0 Å². The number of aryl methyl sites for hydroxylation is 1. The number of anilines is 1. The maximum atomic E-state index is 14.9. The fourth-order valence-corrected chi connectivity index (χ4v) is 5.71. The Kier molecular flexibility index (Phi) is 7.21. The van der Waals surface area contributed by atoms with Crippen LogP contribution in [0.5, 0.6) is 0 Å². The Morgan fingerprint density at radius 2 is 2.00 bits per heavy atom. The van der Waals surface area contributed by atoms with Gasteiger partial charge in [0.1, 0.15) is 11.6 Å². The van der Waals surface area contributed by atoms with Gasteiger partial charge in [0.2, 0.25) is 0 Å². The van der Waals surface area contributed by atoms with Crippen molar-refractivity contribution >= 4 is 34.4 Å². The van der Waals surface area contributed by atoms with Gasteiger partial charge >= 0.3 is 5.69 Å². The molecule has 5 heterocycles. The maximum Gasteiger partial charge on any atom is 0.355 e. The predicted octanol–water partition coefficient (Wildman–Crippen LogP) is 4.55. The Morgan fingerprint density at radius 1 is 1.22 bits per heavy atom. The number of epoxide rings is 1. The molecular formula is C30H30ClFN6O3. The second-order valence-electron chi connectivity index (χ2n) is 10.9. The summed E-state index contributed by atoms with van der Waals surface area (Å²) in [6.45, 7) is 7.44. The highest BCUT2D eigenvalue weighted by Gasteiger charge is 2.34. The fourth-order valence-electron chi connectivity index (χ4n) is 5.46. The molecule has 0 bridgehead atoms. The smallest absolute Gasteiger partial charge is 0.355 e. The molecule has 212 valence electrons. The molecule has 41 heavy (non-hydrogen) atoms. The molecule has 6 rings (SSSR count). The first kappa shape index (κ1) is 27.3. The quantitative estimate of drug-likeness (QED) is 0.336. The second-order valence-corrected chi connectivity index (χ2v) is 11.3. The minimum Gasteiger partial charge on any atom is -0.363 e. The van der Waals surface area contributed by atoms with Gasteiger partial charge in [0.25, 0.3) is 5.91 Å². The van der Waals surface area contributed by atoms with E-state index in [0.29, 0.717) is 42.2 Å². The number of ether oxygens (including phenoxy) is 1. The van der Waals surface area contributed by atoms with Gasteiger partial charge in [-0.1, -0.05) is 37.6 Å². The van der Waals surface area contributed by atoms with E-state index in [9.17, 15) is 14.0 Å². The Bertz CT molecular complexity index is 1720. The number of hydrogen-bond donors (Lipinski definition) is 1. The number of carbonyl (C=O) groups excluding carboxylic acids is 1. The molecule has 1 N–H and O–H groups in total. The van der Waals surface area contributed by atoms with Gasteiger partial charge in [0, 0.05) is 30.9 Å². The van der Waals surface area contributed by atoms with E-state index < -0.39 is 11.5 Å². The first-order valence-electron chi connectivity index (χ1n) is 13.7. The first-order chi connectivity index (χ1) is 19.7. The Balaban J connectivity index is 1.57. The summed E-state index contributed by atoms with van der Waals surface area (Å²) in [6.07, 6.45) is 2.92. The van der Waals surface area contributed by atoms with Crippen LogP contribution in [-0.4, -0.2) is 57.3 Å². The van der Waals surface area contributed by atoms with Gasteiger partial charge in [-0.3, -0.25) is 9.78 Å². The van der Waals surface area contributed by atoms with Crippen molar-refractivity contribution in [1.82, 2.24) is 24.8 Å². The molecule has 0 spiro atoms. The fraction of sp³-hybridized carbons (Fsp3) is 0.367. The Morgan fingerprint density at radius 3 is 2.73 bits per heavy atom. The van der Waals surface area contributed by atoms with Gasteiger partial charge in [0.15, 0.2) is 11.8 Å². The zero-order chi connectivity index (χ0) is 28.8. The number of nitrogens with one attached hydrogen (secondary N) is 1. The molecule has 3 aromatic heterocycles. The van der Waals surface area contributed by atoms with Crippen molar-refractivity contribution in [2.24, 2.45) is 0 Å².